The summed E-state index contributed by atoms with van der Waals surface area (Å²) in [6.45, 7) is 1.90. The van der Waals surface area contributed by atoms with Crippen LogP contribution >= 0.6 is 0 Å². The highest BCUT2D eigenvalue weighted by molar-refractivity contribution is 5.71. The number of carbonyl (C=O) groups excluding carboxylic acids is 1. The van der Waals surface area contributed by atoms with E-state index in [0.29, 0.717) is 0 Å². The number of aliphatic hydroxyl groups is 1. The molecule has 1 aliphatic heterocycles. The van der Waals surface area contributed by atoms with Crippen molar-refractivity contribution in [1.29, 1.82) is 0 Å². The number of carbonyl (C=O) groups is 1. The number of anilines is 1. The van der Waals surface area contributed by atoms with Gasteiger partial charge in [-0.15, -0.1) is 0 Å². The van der Waals surface area contributed by atoms with E-state index in [4.69, 9.17) is 15.2 Å². The molecule has 0 radical (unpaired) electrons. The van der Waals surface area contributed by atoms with Crippen LogP contribution in [0.25, 0.3) is 0 Å². The van der Waals surface area contributed by atoms with Crippen molar-refractivity contribution in [2.24, 2.45) is 5.92 Å². The quantitative estimate of drug-likeness (QED) is 0.694. The Morgan fingerprint density at radius 3 is 2.87 bits per heavy atom. The lowest BCUT2D eigenvalue weighted by Crippen LogP contribution is -2.48. The maximum atomic E-state index is 14.7. The van der Waals surface area contributed by atoms with Gasteiger partial charge in [0.25, 0.3) is 0 Å². The van der Waals surface area contributed by atoms with Crippen LogP contribution in [0, 0.1) is 5.92 Å². The summed E-state index contributed by atoms with van der Waals surface area (Å²) >= 11 is 0. The Kier molecular flexibility index (Phi) is 4.66. The normalized spacial score (nSPS) is 27.3. The van der Waals surface area contributed by atoms with Crippen LogP contribution < -0.4 is 11.4 Å². The maximum absolute atomic E-state index is 14.7. The monoisotopic (exact) mass is 330 g/mol. The zero-order valence-electron chi connectivity index (χ0n) is 12.9. The molecule has 10 heteroatoms. The third-order valence-corrected chi connectivity index (χ3v) is 3.51. The van der Waals surface area contributed by atoms with Gasteiger partial charge in [0.1, 0.15) is 5.82 Å². The third-order valence-electron chi connectivity index (χ3n) is 3.51. The zero-order valence-corrected chi connectivity index (χ0v) is 12.9. The van der Waals surface area contributed by atoms with Gasteiger partial charge in [0.15, 0.2) is 12.3 Å². The molecule has 0 saturated carbocycles. The Labute approximate surface area is 131 Å². The third kappa shape index (κ3) is 3.48. The molecule has 0 aromatic carbocycles. The molecular formula is C13H19FN4O5. The SMILES string of the molecule is CC(C)C(=O)OC[C@]1(F)CC[C@](CO)(n2ncc(N)nc2=O)O1. The minimum Gasteiger partial charge on any atom is -0.459 e. The summed E-state index contributed by atoms with van der Waals surface area (Å²) in [6, 6.07) is 0. The van der Waals surface area contributed by atoms with E-state index in [0.717, 1.165) is 10.9 Å². The largest absolute Gasteiger partial charge is 0.459 e. The van der Waals surface area contributed by atoms with E-state index in [1.807, 2.05) is 0 Å². The lowest BCUT2D eigenvalue weighted by atomic mass is 10.1. The number of nitrogens with two attached hydrogens (primary N) is 1. The molecule has 1 aliphatic rings. The number of alkyl halides is 1. The average Bonchev–Trinajstić information content (AvgIpc) is 2.83. The van der Waals surface area contributed by atoms with Crippen molar-refractivity contribution >= 4 is 11.8 Å². The maximum Gasteiger partial charge on any atom is 0.368 e. The molecule has 128 valence electrons. The fourth-order valence-corrected chi connectivity index (χ4v) is 2.23. The molecule has 1 fully saturated rings. The highest BCUT2D eigenvalue weighted by Gasteiger charge is 2.53. The molecule has 1 saturated heterocycles. The van der Waals surface area contributed by atoms with Gasteiger partial charge < -0.3 is 20.3 Å². The van der Waals surface area contributed by atoms with E-state index in [1.165, 1.54) is 0 Å². The summed E-state index contributed by atoms with van der Waals surface area (Å²) in [7, 11) is 0. The van der Waals surface area contributed by atoms with Crippen LogP contribution in [0.1, 0.15) is 26.7 Å². The molecule has 0 bridgehead atoms. The van der Waals surface area contributed by atoms with Gasteiger partial charge in [0.2, 0.25) is 5.85 Å². The Bertz CT molecular complexity index is 651. The number of rotatable bonds is 5. The minimum atomic E-state index is -2.32. The van der Waals surface area contributed by atoms with Crippen LogP contribution in [0.3, 0.4) is 0 Å². The fraction of sp³-hybridized carbons (Fsp3) is 0.692. The zero-order chi connectivity index (χ0) is 17.3. The van der Waals surface area contributed by atoms with E-state index >= 15 is 0 Å². The molecule has 23 heavy (non-hydrogen) atoms. The first-order chi connectivity index (χ1) is 10.7. The Morgan fingerprint density at radius 2 is 2.30 bits per heavy atom. The molecule has 2 atom stereocenters. The van der Waals surface area contributed by atoms with E-state index in [1.54, 1.807) is 13.8 Å². The summed E-state index contributed by atoms with van der Waals surface area (Å²) in [5, 5.41) is 13.4. The number of halogens is 1. The van der Waals surface area contributed by atoms with Crippen molar-refractivity contribution in [1.82, 2.24) is 14.8 Å². The molecule has 3 N–H and O–H groups in total. The summed E-state index contributed by atoms with van der Waals surface area (Å²) in [5.74, 6) is -3.41. The molecule has 0 aliphatic carbocycles. The number of aromatic nitrogens is 3. The number of aliphatic hydroxyl groups excluding tert-OH is 1. The summed E-state index contributed by atoms with van der Waals surface area (Å²) in [4.78, 5) is 26.8. The summed E-state index contributed by atoms with van der Waals surface area (Å²) in [6.07, 6.45) is 0.869. The van der Waals surface area contributed by atoms with E-state index in [-0.39, 0.29) is 18.7 Å². The van der Waals surface area contributed by atoms with Crippen molar-refractivity contribution < 1.29 is 23.8 Å². The van der Waals surface area contributed by atoms with Gasteiger partial charge in [0.05, 0.1) is 18.7 Å². The minimum absolute atomic E-state index is 0.0439. The van der Waals surface area contributed by atoms with E-state index in [9.17, 15) is 19.1 Å². The number of nitrogens with zero attached hydrogens (tertiary/aromatic N) is 3. The van der Waals surface area contributed by atoms with Crippen molar-refractivity contribution in [3.8, 4) is 0 Å². The van der Waals surface area contributed by atoms with E-state index < -0.39 is 42.4 Å². The molecular weight excluding hydrogens is 311 g/mol. The van der Waals surface area contributed by atoms with Crippen LogP contribution in [0.4, 0.5) is 10.2 Å². The molecule has 9 nitrogen and oxygen atoms in total. The van der Waals surface area contributed by atoms with Crippen molar-refractivity contribution in [3.05, 3.63) is 16.7 Å². The number of hydrogen-bond donors (Lipinski definition) is 2. The Balaban J connectivity index is 2.20. The Hall–Kier alpha value is -2.07. The standard InChI is InChI=1S/C13H19FN4O5/c1-8(2)10(20)22-7-12(14)3-4-13(6-19,23-12)18-11(21)17-9(15)5-16-18/h5,8,19H,3-4,6-7H2,1-2H3,(H2,15,17,21)/t12-,13-/m0/s1. The first kappa shape index (κ1) is 17.3. The summed E-state index contributed by atoms with van der Waals surface area (Å²) in [5.41, 5.74) is 2.77. The van der Waals surface area contributed by atoms with Crippen LogP contribution in [-0.2, 0) is 20.0 Å². The van der Waals surface area contributed by atoms with Crippen molar-refractivity contribution in [3.63, 3.8) is 0 Å². The molecule has 2 heterocycles. The topological polar surface area (TPSA) is 130 Å². The number of ether oxygens (including phenoxy) is 2. The number of hydrogen-bond acceptors (Lipinski definition) is 8. The molecule has 2 rings (SSSR count). The first-order valence-corrected chi connectivity index (χ1v) is 7.10. The lowest BCUT2D eigenvalue weighted by Gasteiger charge is -2.29. The molecule has 0 unspecified atom stereocenters. The highest BCUT2D eigenvalue weighted by atomic mass is 19.2. The average molecular weight is 330 g/mol. The van der Waals surface area contributed by atoms with Crippen LogP contribution in [-0.4, -0.2) is 44.9 Å². The molecule has 1 aromatic heterocycles. The second kappa shape index (κ2) is 6.20. The fourth-order valence-electron chi connectivity index (χ4n) is 2.23. The number of esters is 1. The molecule has 1 aromatic rings. The van der Waals surface area contributed by atoms with Crippen LogP contribution in [0.15, 0.2) is 11.0 Å². The van der Waals surface area contributed by atoms with E-state index in [2.05, 4.69) is 10.1 Å². The number of nitrogen functional groups attached to an aromatic ring is 1. The first-order valence-electron chi connectivity index (χ1n) is 7.10. The van der Waals surface area contributed by atoms with Gasteiger partial charge in [-0.3, -0.25) is 4.79 Å². The van der Waals surface area contributed by atoms with Gasteiger partial charge in [0, 0.05) is 12.8 Å². The van der Waals surface area contributed by atoms with Crippen molar-refractivity contribution in [2.75, 3.05) is 18.9 Å². The van der Waals surface area contributed by atoms with Gasteiger partial charge in [-0.1, -0.05) is 13.8 Å². The predicted molar refractivity (Wildman–Crippen MR) is 75.7 cm³/mol. The van der Waals surface area contributed by atoms with Gasteiger partial charge >= 0.3 is 11.7 Å². The Morgan fingerprint density at radius 1 is 1.61 bits per heavy atom. The second-order valence-electron chi connectivity index (χ2n) is 5.73. The van der Waals surface area contributed by atoms with Crippen LogP contribution in [0.5, 0.6) is 0 Å². The van der Waals surface area contributed by atoms with Crippen molar-refractivity contribution in [2.45, 2.75) is 38.3 Å². The predicted octanol–water partition coefficient (Wildman–Crippen LogP) is -0.459. The van der Waals surface area contributed by atoms with Crippen LogP contribution in [0.2, 0.25) is 0 Å². The smallest absolute Gasteiger partial charge is 0.368 e. The van der Waals surface area contributed by atoms with Gasteiger partial charge in [-0.2, -0.15) is 14.8 Å². The summed E-state index contributed by atoms with van der Waals surface area (Å²) < 4.78 is 25.6. The van der Waals surface area contributed by atoms with Gasteiger partial charge in [-0.25, -0.2) is 9.18 Å². The molecule has 0 spiro atoms. The second-order valence-corrected chi connectivity index (χ2v) is 5.73. The van der Waals surface area contributed by atoms with Gasteiger partial charge in [-0.05, 0) is 0 Å². The molecule has 0 amide bonds. The lowest BCUT2D eigenvalue weighted by molar-refractivity contribution is -0.244. The highest BCUT2D eigenvalue weighted by Crippen LogP contribution is 2.41.